The summed E-state index contributed by atoms with van der Waals surface area (Å²) in [5, 5.41) is 6.48. The normalized spacial score (nSPS) is 12.4. The van der Waals surface area contributed by atoms with E-state index in [-0.39, 0.29) is 10.7 Å². The second-order valence-corrected chi connectivity index (χ2v) is 8.36. The Morgan fingerprint density at radius 1 is 1.13 bits per heavy atom. The molecule has 0 spiro atoms. The first-order valence-corrected chi connectivity index (χ1v) is 10.6. The van der Waals surface area contributed by atoms with Gasteiger partial charge < -0.3 is 14.6 Å². The number of rotatable bonds is 7. The van der Waals surface area contributed by atoms with Gasteiger partial charge in [0.2, 0.25) is 27.6 Å². The van der Waals surface area contributed by atoms with Crippen molar-refractivity contribution in [1.29, 1.82) is 0 Å². The number of hydrogen-bond acceptors (Lipinski definition) is 7. The van der Waals surface area contributed by atoms with Crippen molar-refractivity contribution in [2.24, 2.45) is 0 Å². The van der Waals surface area contributed by atoms with Gasteiger partial charge in [-0.05, 0) is 49.7 Å². The van der Waals surface area contributed by atoms with Gasteiger partial charge in [0.05, 0.1) is 18.0 Å². The summed E-state index contributed by atoms with van der Waals surface area (Å²) in [7, 11) is -2.44. The van der Waals surface area contributed by atoms with Crippen molar-refractivity contribution in [3.8, 4) is 17.1 Å². The number of nitrogens with one attached hydrogen (secondary N) is 2. The van der Waals surface area contributed by atoms with E-state index in [0.717, 1.165) is 0 Å². The third kappa shape index (κ3) is 4.84. The SMILES string of the molecule is COc1ccc(NC(=O)C(C)NS(=O)(=O)c2cc(-c3noc(C)n3)ccc2C)cc1. The van der Waals surface area contributed by atoms with Crippen LogP contribution in [0.4, 0.5) is 5.69 Å². The first-order chi connectivity index (χ1) is 14.2. The highest BCUT2D eigenvalue weighted by Gasteiger charge is 2.24. The first kappa shape index (κ1) is 21.5. The lowest BCUT2D eigenvalue weighted by Gasteiger charge is -2.16. The number of hydrogen-bond donors (Lipinski definition) is 2. The highest BCUT2D eigenvalue weighted by Crippen LogP contribution is 2.23. The van der Waals surface area contributed by atoms with Gasteiger partial charge in [0, 0.05) is 18.2 Å². The van der Waals surface area contributed by atoms with Gasteiger partial charge in [-0.2, -0.15) is 9.71 Å². The van der Waals surface area contributed by atoms with E-state index in [9.17, 15) is 13.2 Å². The Balaban J connectivity index is 1.77. The van der Waals surface area contributed by atoms with E-state index in [1.54, 1.807) is 57.4 Å². The largest absolute Gasteiger partial charge is 0.497 e. The number of nitrogens with zero attached hydrogens (tertiary/aromatic N) is 2. The van der Waals surface area contributed by atoms with Crippen LogP contribution in [0.3, 0.4) is 0 Å². The molecule has 3 rings (SSSR count). The maximum absolute atomic E-state index is 12.9. The summed E-state index contributed by atoms with van der Waals surface area (Å²) in [6, 6.07) is 10.5. The zero-order valence-electron chi connectivity index (χ0n) is 17.0. The molecule has 1 amide bonds. The average Bonchev–Trinajstić information content (AvgIpc) is 3.14. The van der Waals surface area contributed by atoms with Gasteiger partial charge in [-0.25, -0.2) is 8.42 Å². The quantitative estimate of drug-likeness (QED) is 0.591. The van der Waals surface area contributed by atoms with Crippen LogP contribution in [0.2, 0.25) is 0 Å². The number of aromatic nitrogens is 2. The predicted molar refractivity (Wildman–Crippen MR) is 111 cm³/mol. The Bertz CT molecular complexity index is 1160. The van der Waals surface area contributed by atoms with Crippen molar-refractivity contribution >= 4 is 21.6 Å². The van der Waals surface area contributed by atoms with Crippen LogP contribution in [0.5, 0.6) is 5.75 Å². The second kappa shape index (κ2) is 8.64. The fourth-order valence-corrected chi connectivity index (χ4v) is 4.19. The fraction of sp³-hybridized carbons (Fsp3) is 0.250. The van der Waals surface area contributed by atoms with Gasteiger partial charge in [0.25, 0.3) is 0 Å². The van der Waals surface area contributed by atoms with Gasteiger partial charge in [-0.15, -0.1) is 0 Å². The molecule has 30 heavy (non-hydrogen) atoms. The van der Waals surface area contributed by atoms with E-state index in [4.69, 9.17) is 9.26 Å². The van der Waals surface area contributed by atoms with Crippen molar-refractivity contribution < 1.29 is 22.5 Å². The molecule has 0 aliphatic carbocycles. The molecule has 2 N–H and O–H groups in total. The van der Waals surface area contributed by atoms with Crippen molar-refractivity contribution in [3.05, 3.63) is 53.9 Å². The molecule has 1 atom stereocenters. The molecule has 2 aromatic carbocycles. The Kier molecular flexibility index (Phi) is 6.18. The highest BCUT2D eigenvalue weighted by molar-refractivity contribution is 7.89. The lowest BCUT2D eigenvalue weighted by molar-refractivity contribution is -0.117. The van der Waals surface area contributed by atoms with Gasteiger partial charge in [0.1, 0.15) is 5.75 Å². The number of amides is 1. The van der Waals surface area contributed by atoms with Crippen molar-refractivity contribution in [3.63, 3.8) is 0 Å². The van der Waals surface area contributed by atoms with E-state index in [1.165, 1.54) is 13.0 Å². The van der Waals surface area contributed by atoms with Gasteiger partial charge in [-0.3, -0.25) is 4.79 Å². The number of benzene rings is 2. The molecule has 9 nitrogen and oxygen atoms in total. The Labute approximate surface area is 174 Å². The van der Waals surface area contributed by atoms with E-state index in [2.05, 4.69) is 20.2 Å². The molecule has 1 aromatic heterocycles. The summed E-state index contributed by atoms with van der Waals surface area (Å²) in [6.45, 7) is 4.78. The predicted octanol–water partition coefficient (Wildman–Crippen LogP) is 2.67. The van der Waals surface area contributed by atoms with Gasteiger partial charge >= 0.3 is 0 Å². The average molecular weight is 430 g/mol. The molecule has 0 fully saturated rings. The van der Waals surface area contributed by atoms with Crippen LogP contribution >= 0.6 is 0 Å². The topological polar surface area (TPSA) is 123 Å². The maximum Gasteiger partial charge on any atom is 0.242 e. The van der Waals surface area contributed by atoms with Crippen LogP contribution < -0.4 is 14.8 Å². The summed E-state index contributed by atoms with van der Waals surface area (Å²) in [5.41, 5.74) is 1.54. The molecule has 0 aliphatic heterocycles. The summed E-state index contributed by atoms with van der Waals surface area (Å²) in [6.07, 6.45) is 0. The minimum Gasteiger partial charge on any atom is -0.497 e. The molecule has 0 saturated heterocycles. The molecule has 0 saturated carbocycles. The zero-order valence-corrected chi connectivity index (χ0v) is 17.8. The molecule has 0 bridgehead atoms. The molecule has 158 valence electrons. The monoisotopic (exact) mass is 430 g/mol. The van der Waals surface area contributed by atoms with Crippen LogP contribution in [-0.2, 0) is 14.8 Å². The lowest BCUT2D eigenvalue weighted by atomic mass is 10.1. The smallest absolute Gasteiger partial charge is 0.242 e. The van der Waals surface area contributed by atoms with Crippen LogP contribution in [-0.4, -0.2) is 37.6 Å². The second-order valence-electron chi connectivity index (χ2n) is 6.68. The molecular formula is C20H22N4O5S. The summed E-state index contributed by atoms with van der Waals surface area (Å²) >= 11 is 0. The van der Waals surface area contributed by atoms with E-state index < -0.39 is 22.0 Å². The number of sulfonamides is 1. The van der Waals surface area contributed by atoms with Gasteiger partial charge in [-0.1, -0.05) is 17.3 Å². The summed E-state index contributed by atoms with van der Waals surface area (Å²) in [5.74, 6) is 0.812. The number of methoxy groups -OCH3 is 1. The fourth-order valence-electron chi connectivity index (χ4n) is 2.72. The standard InChI is InChI=1S/C20H22N4O5S/c1-12-5-6-15(19-21-14(3)29-23-19)11-18(12)30(26,27)24-13(2)20(25)22-16-7-9-17(28-4)10-8-16/h5-11,13,24H,1-4H3,(H,22,25). The maximum atomic E-state index is 12.9. The minimum atomic E-state index is -3.98. The van der Waals surface area contributed by atoms with E-state index in [0.29, 0.717) is 28.5 Å². The third-order valence-corrected chi connectivity index (χ3v) is 6.03. The summed E-state index contributed by atoms with van der Waals surface area (Å²) < 4.78 is 38.3. The van der Waals surface area contributed by atoms with Crippen molar-refractivity contribution in [1.82, 2.24) is 14.9 Å². The first-order valence-electron chi connectivity index (χ1n) is 9.08. The number of anilines is 1. The minimum absolute atomic E-state index is 0.0338. The molecule has 10 heteroatoms. The molecular weight excluding hydrogens is 408 g/mol. The van der Waals surface area contributed by atoms with Gasteiger partial charge in [0.15, 0.2) is 0 Å². The van der Waals surface area contributed by atoms with Crippen LogP contribution in [0.25, 0.3) is 11.4 Å². The summed E-state index contributed by atoms with van der Waals surface area (Å²) in [4.78, 5) is 16.6. The van der Waals surface area contributed by atoms with Crippen molar-refractivity contribution in [2.45, 2.75) is 31.7 Å². The van der Waals surface area contributed by atoms with Crippen molar-refractivity contribution in [2.75, 3.05) is 12.4 Å². The number of aryl methyl sites for hydroxylation is 2. The molecule has 0 radical (unpaired) electrons. The Morgan fingerprint density at radius 2 is 1.83 bits per heavy atom. The lowest BCUT2D eigenvalue weighted by Crippen LogP contribution is -2.41. The van der Waals surface area contributed by atoms with Crippen LogP contribution in [0.1, 0.15) is 18.4 Å². The van der Waals surface area contributed by atoms with E-state index in [1.807, 2.05) is 0 Å². The third-order valence-electron chi connectivity index (χ3n) is 4.35. The number of carbonyl (C=O) groups excluding carboxylic acids is 1. The number of carbonyl (C=O) groups is 1. The molecule has 1 unspecified atom stereocenters. The Morgan fingerprint density at radius 3 is 2.43 bits per heavy atom. The van der Waals surface area contributed by atoms with E-state index >= 15 is 0 Å². The molecule has 3 aromatic rings. The molecule has 1 heterocycles. The zero-order chi connectivity index (χ0) is 21.9. The van der Waals surface area contributed by atoms with Crippen LogP contribution in [0.15, 0.2) is 51.9 Å². The Hall–Kier alpha value is -3.24. The number of ether oxygens (including phenoxy) is 1. The molecule has 0 aliphatic rings. The van der Waals surface area contributed by atoms with Crippen LogP contribution in [0, 0.1) is 13.8 Å². The highest BCUT2D eigenvalue weighted by atomic mass is 32.2.